The number of likely N-dealkylation sites (N-methyl/N-ethyl adjacent to an activating group) is 1. The molecule has 0 saturated carbocycles. The Morgan fingerprint density at radius 2 is 1.76 bits per heavy atom. The van der Waals surface area contributed by atoms with E-state index in [4.69, 9.17) is 4.74 Å². The Labute approximate surface area is 130 Å². The van der Waals surface area contributed by atoms with Gasteiger partial charge >= 0.3 is 0 Å². The van der Waals surface area contributed by atoms with E-state index in [0.29, 0.717) is 6.61 Å². The molecule has 0 aliphatic carbocycles. The van der Waals surface area contributed by atoms with Crippen molar-refractivity contribution in [1.29, 1.82) is 0 Å². The van der Waals surface area contributed by atoms with Crippen LogP contribution in [0.15, 0.2) is 24.3 Å². The molecule has 0 unspecified atom stereocenters. The van der Waals surface area contributed by atoms with Crippen molar-refractivity contribution in [2.45, 2.75) is 45.8 Å². The zero-order valence-electron chi connectivity index (χ0n) is 14.4. The van der Waals surface area contributed by atoms with Crippen molar-refractivity contribution >= 4 is 0 Å². The number of rotatable bonds is 10. The van der Waals surface area contributed by atoms with Crippen molar-refractivity contribution in [3.8, 4) is 0 Å². The molecule has 1 aromatic carbocycles. The summed E-state index contributed by atoms with van der Waals surface area (Å²) in [7, 11) is 4.19. The maximum atomic E-state index is 5.95. The second-order valence-corrected chi connectivity index (χ2v) is 6.47. The molecular weight excluding hydrogens is 260 g/mol. The van der Waals surface area contributed by atoms with Crippen LogP contribution in [0.3, 0.4) is 0 Å². The van der Waals surface area contributed by atoms with Crippen molar-refractivity contribution in [3.63, 3.8) is 0 Å². The van der Waals surface area contributed by atoms with E-state index in [1.807, 2.05) is 0 Å². The van der Waals surface area contributed by atoms with Crippen molar-refractivity contribution in [2.24, 2.45) is 0 Å². The third-order valence-electron chi connectivity index (χ3n) is 4.04. The Kier molecular flexibility index (Phi) is 7.94. The number of nitrogens with one attached hydrogen (secondary N) is 1. The molecule has 1 N–H and O–H groups in total. The van der Waals surface area contributed by atoms with Gasteiger partial charge in [-0.3, -0.25) is 0 Å². The molecule has 0 atom stereocenters. The van der Waals surface area contributed by atoms with Gasteiger partial charge in [-0.1, -0.05) is 31.2 Å². The van der Waals surface area contributed by atoms with Crippen molar-refractivity contribution in [3.05, 3.63) is 35.4 Å². The minimum atomic E-state index is 0.0671. The van der Waals surface area contributed by atoms with Gasteiger partial charge in [0.25, 0.3) is 0 Å². The lowest BCUT2D eigenvalue weighted by atomic mass is 10.0. The maximum Gasteiger partial charge on any atom is 0.0720 e. The van der Waals surface area contributed by atoms with E-state index < -0.39 is 0 Å². The molecular formula is C18H32N2O. The summed E-state index contributed by atoms with van der Waals surface area (Å²) in [4.78, 5) is 2.20. The molecule has 0 saturated heterocycles. The standard InChI is InChI=1S/C18H32N2O/c1-6-12-19-13-11-16-9-7-8-10-17(16)14-21-15-18(2,3)20(4)5/h7-10,19H,6,11-15H2,1-5H3. The lowest BCUT2D eigenvalue weighted by Crippen LogP contribution is -2.42. The van der Waals surface area contributed by atoms with Crippen LogP contribution in [-0.2, 0) is 17.8 Å². The first-order valence-corrected chi connectivity index (χ1v) is 8.00. The summed E-state index contributed by atoms with van der Waals surface area (Å²) in [5, 5.41) is 3.46. The molecule has 0 aliphatic rings. The average molecular weight is 292 g/mol. The minimum absolute atomic E-state index is 0.0671. The highest BCUT2D eigenvalue weighted by Crippen LogP contribution is 2.14. The zero-order chi connectivity index (χ0) is 15.7. The Morgan fingerprint density at radius 3 is 2.38 bits per heavy atom. The highest BCUT2D eigenvalue weighted by Gasteiger charge is 2.20. The molecule has 0 bridgehead atoms. The number of benzene rings is 1. The summed E-state index contributed by atoms with van der Waals surface area (Å²) < 4.78 is 5.95. The summed E-state index contributed by atoms with van der Waals surface area (Å²) in [6.45, 7) is 10.2. The molecule has 0 radical (unpaired) electrons. The molecule has 3 heteroatoms. The fourth-order valence-corrected chi connectivity index (χ4v) is 2.01. The lowest BCUT2D eigenvalue weighted by molar-refractivity contribution is 0.0272. The maximum absolute atomic E-state index is 5.95. The average Bonchev–Trinajstić information content (AvgIpc) is 2.44. The highest BCUT2D eigenvalue weighted by atomic mass is 16.5. The predicted molar refractivity (Wildman–Crippen MR) is 90.7 cm³/mol. The van der Waals surface area contributed by atoms with Crippen LogP contribution in [0.4, 0.5) is 0 Å². The van der Waals surface area contributed by atoms with E-state index in [2.05, 4.69) is 69.3 Å². The van der Waals surface area contributed by atoms with Gasteiger partial charge in [0.1, 0.15) is 0 Å². The van der Waals surface area contributed by atoms with E-state index in [-0.39, 0.29) is 5.54 Å². The van der Waals surface area contributed by atoms with Crippen LogP contribution in [0.5, 0.6) is 0 Å². The van der Waals surface area contributed by atoms with Crippen LogP contribution in [-0.4, -0.2) is 44.2 Å². The van der Waals surface area contributed by atoms with Crippen LogP contribution in [0, 0.1) is 0 Å². The molecule has 0 aromatic heterocycles. The van der Waals surface area contributed by atoms with Gasteiger partial charge in [0.05, 0.1) is 13.2 Å². The third-order valence-corrected chi connectivity index (χ3v) is 4.04. The monoisotopic (exact) mass is 292 g/mol. The summed E-state index contributed by atoms with van der Waals surface area (Å²) >= 11 is 0. The van der Waals surface area contributed by atoms with E-state index >= 15 is 0 Å². The molecule has 0 amide bonds. The Bertz CT molecular complexity index is 402. The van der Waals surface area contributed by atoms with Gasteiger partial charge in [0.15, 0.2) is 0 Å². The second kappa shape index (κ2) is 9.19. The number of nitrogens with zero attached hydrogens (tertiary/aromatic N) is 1. The van der Waals surface area contributed by atoms with E-state index in [1.54, 1.807) is 0 Å². The quantitative estimate of drug-likeness (QED) is 0.671. The smallest absolute Gasteiger partial charge is 0.0720 e. The summed E-state index contributed by atoms with van der Waals surface area (Å²) in [6, 6.07) is 8.60. The number of hydrogen-bond acceptors (Lipinski definition) is 3. The normalized spacial score (nSPS) is 12.1. The Balaban J connectivity index is 2.47. The van der Waals surface area contributed by atoms with Gasteiger partial charge in [0, 0.05) is 5.54 Å². The minimum Gasteiger partial charge on any atom is -0.375 e. The fraction of sp³-hybridized carbons (Fsp3) is 0.667. The van der Waals surface area contributed by atoms with Gasteiger partial charge in [0.2, 0.25) is 0 Å². The van der Waals surface area contributed by atoms with Gasteiger partial charge in [-0.2, -0.15) is 0 Å². The van der Waals surface area contributed by atoms with Crippen LogP contribution < -0.4 is 5.32 Å². The van der Waals surface area contributed by atoms with Crippen LogP contribution in [0.2, 0.25) is 0 Å². The van der Waals surface area contributed by atoms with Crippen molar-refractivity contribution in [1.82, 2.24) is 10.2 Å². The first-order valence-electron chi connectivity index (χ1n) is 8.00. The van der Waals surface area contributed by atoms with Gasteiger partial charge in [-0.05, 0) is 65.0 Å². The topological polar surface area (TPSA) is 24.5 Å². The summed E-state index contributed by atoms with van der Waals surface area (Å²) in [5.74, 6) is 0. The van der Waals surface area contributed by atoms with E-state index in [1.165, 1.54) is 17.5 Å². The van der Waals surface area contributed by atoms with Crippen LogP contribution >= 0.6 is 0 Å². The number of ether oxygens (including phenoxy) is 1. The molecule has 21 heavy (non-hydrogen) atoms. The first kappa shape index (κ1) is 18.1. The van der Waals surface area contributed by atoms with Crippen LogP contribution in [0.25, 0.3) is 0 Å². The molecule has 120 valence electrons. The third kappa shape index (κ3) is 6.60. The van der Waals surface area contributed by atoms with E-state index in [9.17, 15) is 0 Å². The second-order valence-electron chi connectivity index (χ2n) is 6.47. The van der Waals surface area contributed by atoms with Crippen molar-refractivity contribution in [2.75, 3.05) is 33.8 Å². The molecule has 0 spiro atoms. The Hall–Kier alpha value is -0.900. The fourth-order valence-electron chi connectivity index (χ4n) is 2.01. The molecule has 0 heterocycles. The van der Waals surface area contributed by atoms with Gasteiger partial charge in [-0.25, -0.2) is 0 Å². The zero-order valence-corrected chi connectivity index (χ0v) is 14.4. The largest absolute Gasteiger partial charge is 0.375 e. The highest BCUT2D eigenvalue weighted by molar-refractivity contribution is 5.26. The molecule has 3 nitrogen and oxygen atoms in total. The predicted octanol–water partition coefficient (Wildman–Crippen LogP) is 3.09. The van der Waals surface area contributed by atoms with Crippen molar-refractivity contribution < 1.29 is 4.74 Å². The number of hydrogen-bond donors (Lipinski definition) is 1. The Morgan fingerprint density at radius 1 is 1.10 bits per heavy atom. The summed E-state index contributed by atoms with van der Waals surface area (Å²) in [5.41, 5.74) is 2.77. The molecule has 0 aliphatic heterocycles. The van der Waals surface area contributed by atoms with E-state index in [0.717, 1.165) is 26.1 Å². The molecule has 1 aromatic rings. The SMILES string of the molecule is CCCNCCc1ccccc1COCC(C)(C)N(C)C. The van der Waals surface area contributed by atoms with Crippen LogP contribution in [0.1, 0.15) is 38.3 Å². The molecule has 0 fully saturated rings. The first-order chi connectivity index (χ1) is 9.97. The summed E-state index contributed by atoms with van der Waals surface area (Å²) in [6.07, 6.45) is 2.25. The molecule has 1 rings (SSSR count). The lowest BCUT2D eigenvalue weighted by Gasteiger charge is -2.32. The van der Waals surface area contributed by atoms with Gasteiger partial charge in [-0.15, -0.1) is 0 Å². The van der Waals surface area contributed by atoms with Gasteiger partial charge < -0.3 is 15.0 Å².